The number of nitrogens with two attached hydrogens (primary N) is 2. The molecule has 17 heavy (non-hydrogen) atoms. The first-order valence-corrected chi connectivity index (χ1v) is 5.78. The first kappa shape index (κ1) is 11.9. The Bertz CT molecular complexity index is 385. The number of nitrogen functional groups attached to an aromatic ring is 2. The van der Waals surface area contributed by atoms with Gasteiger partial charge in [0.05, 0.1) is 0 Å². The van der Waals surface area contributed by atoms with Crippen LogP contribution < -0.4 is 16.4 Å². The van der Waals surface area contributed by atoms with Gasteiger partial charge in [0.15, 0.2) is 0 Å². The van der Waals surface area contributed by atoms with Crippen LogP contribution in [0.5, 0.6) is 0 Å². The van der Waals surface area contributed by atoms with Crippen LogP contribution in [0.15, 0.2) is 6.07 Å². The highest BCUT2D eigenvalue weighted by molar-refractivity contribution is 5.51. The number of likely N-dealkylation sites (N-methyl/N-ethyl adjacent to an activating group) is 1. The molecule has 4 N–H and O–H groups in total. The molecule has 1 aromatic rings. The maximum absolute atomic E-state index is 5.69. The fourth-order valence-electron chi connectivity index (χ4n) is 2.44. The van der Waals surface area contributed by atoms with Gasteiger partial charge >= 0.3 is 0 Å². The zero-order chi connectivity index (χ0) is 12.6. The lowest BCUT2D eigenvalue weighted by molar-refractivity contribution is 0.266. The highest BCUT2D eigenvalue weighted by Crippen LogP contribution is 2.25. The molecule has 1 fully saturated rings. The van der Waals surface area contributed by atoms with E-state index in [2.05, 4.69) is 40.8 Å². The first-order chi connectivity index (χ1) is 7.97. The van der Waals surface area contributed by atoms with E-state index in [4.69, 9.17) is 11.5 Å². The second-order valence-corrected chi connectivity index (χ2v) is 4.92. The number of rotatable bonds is 2. The van der Waals surface area contributed by atoms with Crippen LogP contribution in [0, 0.1) is 5.92 Å². The first-order valence-electron chi connectivity index (χ1n) is 5.78. The van der Waals surface area contributed by atoms with Crippen molar-refractivity contribution in [3.8, 4) is 0 Å². The Morgan fingerprint density at radius 1 is 1.29 bits per heavy atom. The van der Waals surface area contributed by atoms with Crippen molar-refractivity contribution in [2.75, 3.05) is 43.6 Å². The van der Waals surface area contributed by atoms with Gasteiger partial charge in [-0.05, 0) is 20.0 Å². The summed E-state index contributed by atoms with van der Waals surface area (Å²) in [5.41, 5.74) is 11.3. The van der Waals surface area contributed by atoms with Gasteiger partial charge in [-0.15, -0.1) is 0 Å². The fraction of sp³-hybridized carbons (Fsp3) is 0.636. The molecule has 0 aliphatic carbocycles. The van der Waals surface area contributed by atoms with Gasteiger partial charge in [-0.2, -0.15) is 9.97 Å². The molecule has 0 spiro atoms. The van der Waals surface area contributed by atoms with Gasteiger partial charge in [0, 0.05) is 25.2 Å². The van der Waals surface area contributed by atoms with Gasteiger partial charge in [0.2, 0.25) is 5.95 Å². The summed E-state index contributed by atoms with van der Waals surface area (Å²) in [6.07, 6.45) is 0. The summed E-state index contributed by atoms with van der Waals surface area (Å²) in [6.45, 7) is 4.17. The van der Waals surface area contributed by atoms with E-state index in [-0.39, 0.29) is 5.95 Å². The third-order valence-corrected chi connectivity index (χ3v) is 3.31. The summed E-state index contributed by atoms with van der Waals surface area (Å²) in [7, 11) is 4.21. The van der Waals surface area contributed by atoms with Crippen molar-refractivity contribution >= 4 is 17.6 Å². The molecule has 94 valence electrons. The zero-order valence-electron chi connectivity index (χ0n) is 10.6. The molecule has 0 aromatic carbocycles. The summed E-state index contributed by atoms with van der Waals surface area (Å²) >= 11 is 0. The molecule has 1 aliphatic rings. The van der Waals surface area contributed by atoms with E-state index in [1.807, 2.05) is 0 Å². The molecule has 1 saturated heterocycles. The van der Waals surface area contributed by atoms with Crippen molar-refractivity contribution in [2.24, 2.45) is 5.92 Å². The third-order valence-electron chi connectivity index (χ3n) is 3.31. The Kier molecular flexibility index (Phi) is 3.06. The van der Waals surface area contributed by atoms with E-state index < -0.39 is 0 Å². The van der Waals surface area contributed by atoms with Gasteiger partial charge < -0.3 is 21.3 Å². The lowest BCUT2D eigenvalue weighted by atomic mass is 10.1. The predicted molar refractivity (Wildman–Crippen MR) is 69.7 cm³/mol. The van der Waals surface area contributed by atoms with Crippen LogP contribution in [0.3, 0.4) is 0 Å². The average molecular weight is 236 g/mol. The molecule has 2 heterocycles. The maximum atomic E-state index is 5.69. The van der Waals surface area contributed by atoms with Gasteiger partial charge in [-0.25, -0.2) is 0 Å². The van der Waals surface area contributed by atoms with Crippen LogP contribution in [-0.4, -0.2) is 48.1 Å². The molecule has 2 atom stereocenters. The molecule has 0 saturated carbocycles. The lowest BCUT2D eigenvalue weighted by Crippen LogP contribution is -2.34. The van der Waals surface area contributed by atoms with E-state index in [0.29, 0.717) is 17.8 Å². The highest BCUT2D eigenvalue weighted by atomic mass is 15.3. The molecular weight excluding hydrogens is 216 g/mol. The average Bonchev–Trinajstić information content (AvgIpc) is 2.59. The Hall–Kier alpha value is -1.56. The van der Waals surface area contributed by atoms with Gasteiger partial charge in [0.1, 0.15) is 11.6 Å². The minimum absolute atomic E-state index is 0.237. The number of hydrogen-bond donors (Lipinski definition) is 2. The molecular formula is C11H20N6. The number of hydrogen-bond acceptors (Lipinski definition) is 6. The van der Waals surface area contributed by atoms with E-state index in [1.54, 1.807) is 6.07 Å². The number of aromatic nitrogens is 2. The normalized spacial score (nSPS) is 24.6. The summed E-state index contributed by atoms with van der Waals surface area (Å²) < 4.78 is 0. The minimum atomic E-state index is 0.237. The zero-order valence-corrected chi connectivity index (χ0v) is 10.6. The molecule has 0 radical (unpaired) electrons. The summed E-state index contributed by atoms with van der Waals surface area (Å²) in [6, 6.07) is 2.31. The molecule has 0 amide bonds. The van der Waals surface area contributed by atoms with Gasteiger partial charge in [-0.3, -0.25) is 0 Å². The summed E-state index contributed by atoms with van der Waals surface area (Å²) in [4.78, 5) is 12.6. The van der Waals surface area contributed by atoms with Gasteiger partial charge in [0.25, 0.3) is 0 Å². The number of nitrogens with zero attached hydrogens (tertiary/aromatic N) is 4. The van der Waals surface area contributed by atoms with Crippen LogP contribution in [0.25, 0.3) is 0 Å². The van der Waals surface area contributed by atoms with E-state index in [9.17, 15) is 0 Å². The van der Waals surface area contributed by atoms with Crippen LogP contribution in [0.2, 0.25) is 0 Å². The quantitative estimate of drug-likeness (QED) is 0.753. The molecule has 2 rings (SSSR count). The Morgan fingerprint density at radius 3 is 2.53 bits per heavy atom. The second-order valence-electron chi connectivity index (χ2n) is 4.92. The topological polar surface area (TPSA) is 84.3 Å². The lowest BCUT2D eigenvalue weighted by Gasteiger charge is -2.22. The SMILES string of the molecule is CC1CN(c2cc(N)nc(N)n2)CC1N(C)C. The van der Waals surface area contributed by atoms with Gasteiger partial charge in [-0.1, -0.05) is 6.92 Å². The molecule has 0 bridgehead atoms. The van der Waals surface area contributed by atoms with Crippen LogP contribution in [0.4, 0.5) is 17.6 Å². The maximum Gasteiger partial charge on any atom is 0.223 e. The van der Waals surface area contributed by atoms with Crippen LogP contribution in [-0.2, 0) is 0 Å². The minimum Gasteiger partial charge on any atom is -0.383 e. The van der Waals surface area contributed by atoms with Crippen LogP contribution >= 0.6 is 0 Å². The van der Waals surface area contributed by atoms with Crippen molar-refractivity contribution in [2.45, 2.75) is 13.0 Å². The molecule has 6 nitrogen and oxygen atoms in total. The summed E-state index contributed by atoms with van der Waals surface area (Å²) in [5.74, 6) is 2.09. The van der Waals surface area contributed by atoms with E-state index in [1.165, 1.54) is 0 Å². The van der Waals surface area contributed by atoms with Crippen LogP contribution in [0.1, 0.15) is 6.92 Å². The summed E-state index contributed by atoms with van der Waals surface area (Å²) in [5, 5.41) is 0. The highest BCUT2D eigenvalue weighted by Gasteiger charge is 2.31. The van der Waals surface area contributed by atoms with Crippen molar-refractivity contribution in [1.82, 2.24) is 14.9 Å². The Morgan fingerprint density at radius 2 is 2.00 bits per heavy atom. The van der Waals surface area contributed by atoms with E-state index >= 15 is 0 Å². The number of anilines is 3. The van der Waals surface area contributed by atoms with Crippen molar-refractivity contribution in [3.63, 3.8) is 0 Å². The predicted octanol–water partition coefficient (Wildman–Crippen LogP) is 0.0273. The second kappa shape index (κ2) is 4.37. The van der Waals surface area contributed by atoms with Crippen molar-refractivity contribution < 1.29 is 0 Å². The van der Waals surface area contributed by atoms with Crippen molar-refractivity contribution in [3.05, 3.63) is 6.07 Å². The third kappa shape index (κ3) is 2.41. The molecule has 2 unspecified atom stereocenters. The van der Waals surface area contributed by atoms with Crippen molar-refractivity contribution in [1.29, 1.82) is 0 Å². The smallest absolute Gasteiger partial charge is 0.223 e. The molecule has 1 aromatic heterocycles. The molecule has 1 aliphatic heterocycles. The van der Waals surface area contributed by atoms with E-state index in [0.717, 1.165) is 18.9 Å². The Balaban J connectivity index is 2.19. The monoisotopic (exact) mass is 236 g/mol. The Labute approximate surface area is 102 Å². The molecule has 6 heteroatoms. The largest absolute Gasteiger partial charge is 0.383 e. The fourth-order valence-corrected chi connectivity index (χ4v) is 2.44. The standard InChI is InChI=1S/C11H20N6/c1-7-5-17(6-8(7)16(2)3)10-4-9(12)14-11(13)15-10/h4,7-8H,5-6H2,1-3H3,(H4,12,13,14,15).